The summed E-state index contributed by atoms with van der Waals surface area (Å²) in [7, 11) is 0. The van der Waals surface area contributed by atoms with Gasteiger partial charge in [-0.2, -0.15) is 0 Å². The number of hydrogen-bond donors (Lipinski definition) is 0. The highest BCUT2D eigenvalue weighted by Gasteiger charge is 2.14. The van der Waals surface area contributed by atoms with Crippen LogP contribution in [0.1, 0.15) is 10.8 Å². The minimum Gasteiger partial charge on any atom is -0.482 e. The van der Waals surface area contributed by atoms with E-state index in [1.54, 1.807) is 11.3 Å². The van der Waals surface area contributed by atoms with Gasteiger partial charge in [-0.05, 0) is 42.5 Å². The van der Waals surface area contributed by atoms with Gasteiger partial charge in [-0.1, -0.05) is 36.5 Å². The number of hydrogen-bond acceptors (Lipinski definition) is 4. The first-order valence-corrected chi connectivity index (χ1v) is 9.86. The Morgan fingerprint density at radius 1 is 0.840 bits per heavy atom. The van der Waals surface area contributed by atoms with E-state index in [4.69, 9.17) is 9.72 Å². The molecule has 5 rings (SSSR count). The molecule has 0 atom stereocenters. The van der Waals surface area contributed by atoms with Crippen molar-refractivity contribution in [1.29, 1.82) is 0 Å². The molecule has 2 aromatic heterocycles. The molecule has 122 valence electrons. The third-order valence-corrected chi connectivity index (χ3v) is 6.63. The van der Waals surface area contributed by atoms with Gasteiger partial charge in [-0.25, -0.2) is 4.98 Å². The average Bonchev–Trinajstić information content (AvgIpc) is 3.38. The van der Waals surface area contributed by atoms with Crippen LogP contribution in [0.5, 0.6) is 5.75 Å². The molecular weight excluding hydrogens is 346 g/mol. The maximum absolute atomic E-state index is 5.96. The lowest BCUT2D eigenvalue weighted by molar-refractivity contribution is 0.299. The Hall–Kier alpha value is -2.43. The Labute approximate surface area is 154 Å². The van der Waals surface area contributed by atoms with Crippen LogP contribution in [0.3, 0.4) is 0 Å². The summed E-state index contributed by atoms with van der Waals surface area (Å²) in [5.41, 5.74) is 1.03. The zero-order chi connectivity index (χ0) is 16.6. The van der Waals surface area contributed by atoms with Crippen molar-refractivity contribution in [2.75, 3.05) is 0 Å². The first kappa shape index (κ1) is 14.9. The molecule has 0 radical (unpaired) electrons. The van der Waals surface area contributed by atoms with Crippen LogP contribution >= 0.6 is 22.7 Å². The second-order valence-electron chi connectivity index (χ2n) is 6.00. The molecule has 0 aliphatic heterocycles. The Morgan fingerprint density at radius 3 is 2.48 bits per heavy atom. The molecule has 0 unspecified atom stereocenters. The van der Waals surface area contributed by atoms with Crippen molar-refractivity contribution in [3.05, 3.63) is 83.8 Å². The fourth-order valence-electron chi connectivity index (χ4n) is 3.00. The van der Waals surface area contributed by atoms with E-state index in [1.807, 2.05) is 47.8 Å². The number of benzene rings is 1. The summed E-state index contributed by atoms with van der Waals surface area (Å²) in [5.74, 6) is 1.30. The van der Waals surface area contributed by atoms with Gasteiger partial charge in [0, 0.05) is 10.8 Å². The molecule has 0 amide bonds. The van der Waals surface area contributed by atoms with E-state index in [9.17, 15) is 0 Å². The van der Waals surface area contributed by atoms with Gasteiger partial charge in [0.15, 0.2) is 0 Å². The SMILES string of the molecule is C1=CC(Oc2ccc3nc(-c4ccc(C5C=CC=C5)s4)sc3c2)C=C1. The topological polar surface area (TPSA) is 22.1 Å². The van der Waals surface area contributed by atoms with Gasteiger partial charge < -0.3 is 4.74 Å². The van der Waals surface area contributed by atoms with E-state index in [0.717, 1.165) is 21.0 Å². The predicted octanol–water partition coefficient (Wildman–Crippen LogP) is 6.11. The number of thiazole rings is 1. The quantitative estimate of drug-likeness (QED) is 0.559. The summed E-state index contributed by atoms with van der Waals surface area (Å²) in [4.78, 5) is 7.40. The number of ether oxygens (including phenoxy) is 1. The molecule has 3 aromatic rings. The Kier molecular flexibility index (Phi) is 3.65. The number of rotatable bonds is 4. The highest BCUT2D eigenvalue weighted by Crippen LogP contribution is 2.38. The van der Waals surface area contributed by atoms with Gasteiger partial charge in [0.1, 0.15) is 16.9 Å². The molecule has 4 heteroatoms. The fourth-order valence-corrected chi connectivity index (χ4v) is 5.12. The van der Waals surface area contributed by atoms with Crippen molar-refractivity contribution in [3.63, 3.8) is 0 Å². The summed E-state index contributed by atoms with van der Waals surface area (Å²) in [6.45, 7) is 0. The normalized spacial score (nSPS) is 16.6. The number of nitrogens with zero attached hydrogens (tertiary/aromatic N) is 1. The molecule has 2 aliphatic rings. The van der Waals surface area contributed by atoms with E-state index in [0.29, 0.717) is 5.92 Å². The first-order valence-electron chi connectivity index (χ1n) is 8.22. The van der Waals surface area contributed by atoms with Crippen LogP contribution in [-0.2, 0) is 0 Å². The summed E-state index contributed by atoms with van der Waals surface area (Å²) in [5, 5.41) is 1.08. The first-order chi connectivity index (χ1) is 12.3. The van der Waals surface area contributed by atoms with Crippen molar-refractivity contribution in [2.24, 2.45) is 0 Å². The van der Waals surface area contributed by atoms with E-state index >= 15 is 0 Å². The number of aromatic nitrogens is 1. The molecule has 0 fully saturated rings. The molecule has 2 aliphatic carbocycles. The van der Waals surface area contributed by atoms with Crippen molar-refractivity contribution in [1.82, 2.24) is 4.98 Å². The zero-order valence-corrected chi connectivity index (χ0v) is 15.0. The second-order valence-corrected chi connectivity index (χ2v) is 8.14. The Bertz CT molecular complexity index is 1030. The third kappa shape index (κ3) is 2.88. The second kappa shape index (κ2) is 6.14. The number of allylic oxidation sites excluding steroid dienone is 6. The van der Waals surface area contributed by atoms with Crippen LogP contribution in [-0.4, -0.2) is 11.1 Å². The number of thiophene rings is 1. The van der Waals surface area contributed by atoms with E-state index < -0.39 is 0 Å². The lowest BCUT2D eigenvalue weighted by Crippen LogP contribution is -2.07. The van der Waals surface area contributed by atoms with Gasteiger partial charge in [0.2, 0.25) is 0 Å². The summed E-state index contributed by atoms with van der Waals surface area (Å²) >= 11 is 3.55. The molecule has 2 nitrogen and oxygen atoms in total. The van der Waals surface area contributed by atoms with Crippen LogP contribution in [0.25, 0.3) is 20.1 Å². The number of fused-ring (bicyclic) bond motifs is 1. The minimum absolute atomic E-state index is 0.0391. The van der Waals surface area contributed by atoms with Crippen LogP contribution in [0.2, 0.25) is 0 Å². The van der Waals surface area contributed by atoms with Crippen LogP contribution in [0.15, 0.2) is 78.9 Å². The molecule has 25 heavy (non-hydrogen) atoms. The largest absolute Gasteiger partial charge is 0.482 e. The van der Waals surface area contributed by atoms with Gasteiger partial charge in [0.25, 0.3) is 0 Å². The maximum Gasteiger partial charge on any atom is 0.136 e. The van der Waals surface area contributed by atoms with Crippen molar-refractivity contribution < 1.29 is 4.74 Å². The molecule has 0 saturated heterocycles. The minimum atomic E-state index is 0.0391. The fraction of sp³-hybridized carbons (Fsp3) is 0.0952. The molecule has 0 spiro atoms. The van der Waals surface area contributed by atoms with Crippen molar-refractivity contribution in [3.8, 4) is 15.6 Å². The highest BCUT2D eigenvalue weighted by atomic mass is 32.1. The van der Waals surface area contributed by atoms with Gasteiger partial charge >= 0.3 is 0 Å². The van der Waals surface area contributed by atoms with E-state index in [2.05, 4.69) is 42.5 Å². The standard InChI is InChI=1S/C21H15NOS2/c1-2-6-14(5-1)18-11-12-19(24-18)21-22-17-10-9-16(13-20(17)25-21)23-15-7-3-4-8-15/h1-15H. The maximum atomic E-state index is 5.96. The Balaban J connectivity index is 1.44. The average molecular weight is 361 g/mol. The van der Waals surface area contributed by atoms with E-state index in [1.165, 1.54) is 9.75 Å². The summed E-state index contributed by atoms with van der Waals surface area (Å²) < 4.78 is 7.12. The predicted molar refractivity (Wildman–Crippen MR) is 107 cm³/mol. The highest BCUT2D eigenvalue weighted by molar-refractivity contribution is 7.25. The molecule has 2 heterocycles. The van der Waals surface area contributed by atoms with Gasteiger partial charge in [0.05, 0.1) is 15.1 Å². The molecule has 1 aromatic carbocycles. The van der Waals surface area contributed by atoms with Crippen LogP contribution < -0.4 is 4.74 Å². The molecule has 0 saturated carbocycles. The van der Waals surface area contributed by atoms with Crippen LogP contribution in [0, 0.1) is 0 Å². The molecular formula is C21H15NOS2. The lowest BCUT2D eigenvalue weighted by Gasteiger charge is -2.09. The third-order valence-electron chi connectivity index (χ3n) is 4.26. The lowest BCUT2D eigenvalue weighted by atomic mass is 10.1. The zero-order valence-electron chi connectivity index (χ0n) is 13.3. The molecule has 0 bridgehead atoms. The molecule has 0 N–H and O–H groups in total. The van der Waals surface area contributed by atoms with Gasteiger partial charge in [-0.3, -0.25) is 0 Å². The summed E-state index contributed by atoms with van der Waals surface area (Å²) in [6.07, 6.45) is 16.8. The van der Waals surface area contributed by atoms with Gasteiger partial charge in [-0.15, -0.1) is 22.7 Å². The van der Waals surface area contributed by atoms with Crippen molar-refractivity contribution in [2.45, 2.75) is 12.0 Å². The smallest absolute Gasteiger partial charge is 0.136 e. The monoisotopic (exact) mass is 361 g/mol. The van der Waals surface area contributed by atoms with E-state index in [-0.39, 0.29) is 6.10 Å². The Morgan fingerprint density at radius 2 is 1.64 bits per heavy atom. The van der Waals surface area contributed by atoms with Crippen molar-refractivity contribution >= 4 is 32.9 Å². The van der Waals surface area contributed by atoms with Crippen LogP contribution in [0.4, 0.5) is 0 Å². The summed E-state index contributed by atoms with van der Waals surface area (Å²) in [6, 6.07) is 10.5.